The van der Waals surface area contributed by atoms with Gasteiger partial charge in [-0.15, -0.1) is 0 Å². The highest BCUT2D eigenvalue weighted by Gasteiger charge is 2.29. The van der Waals surface area contributed by atoms with Crippen molar-refractivity contribution in [3.05, 3.63) is 35.4 Å². The molecule has 2 rings (SSSR count). The van der Waals surface area contributed by atoms with Gasteiger partial charge in [-0.2, -0.15) is 0 Å². The second-order valence-corrected chi connectivity index (χ2v) is 4.62. The van der Waals surface area contributed by atoms with Crippen molar-refractivity contribution in [2.24, 2.45) is 0 Å². The lowest BCUT2D eigenvalue weighted by atomic mass is 10.1. The van der Waals surface area contributed by atoms with Gasteiger partial charge in [-0.25, -0.2) is 0 Å². The van der Waals surface area contributed by atoms with Gasteiger partial charge >= 0.3 is 0 Å². The van der Waals surface area contributed by atoms with Crippen molar-refractivity contribution in [2.45, 2.75) is 25.8 Å². The zero-order valence-electron chi connectivity index (χ0n) is 10.5. The molecule has 92 valence electrons. The first-order valence-corrected chi connectivity index (χ1v) is 6.09. The maximum absolute atomic E-state index is 12.4. The van der Waals surface area contributed by atoms with Gasteiger partial charge in [0, 0.05) is 19.2 Å². The largest absolute Gasteiger partial charge is 0.383 e. The maximum atomic E-state index is 12.4. The van der Waals surface area contributed by atoms with E-state index in [4.69, 9.17) is 4.74 Å². The Hall–Kier alpha value is -1.35. The van der Waals surface area contributed by atoms with Gasteiger partial charge in [0.1, 0.15) is 0 Å². The van der Waals surface area contributed by atoms with Crippen LogP contribution in [0.15, 0.2) is 24.3 Å². The van der Waals surface area contributed by atoms with Gasteiger partial charge in [0.15, 0.2) is 0 Å². The molecule has 1 aromatic rings. The highest BCUT2D eigenvalue weighted by Crippen LogP contribution is 2.20. The Morgan fingerprint density at radius 3 is 3.06 bits per heavy atom. The van der Waals surface area contributed by atoms with Crippen molar-refractivity contribution in [2.75, 3.05) is 20.3 Å². The number of nitrogens with zero attached hydrogens (tertiary/aromatic N) is 1. The Morgan fingerprint density at radius 1 is 1.53 bits per heavy atom. The average molecular weight is 233 g/mol. The summed E-state index contributed by atoms with van der Waals surface area (Å²) < 4.78 is 5.17. The Labute approximate surface area is 102 Å². The molecule has 1 atom stereocenters. The van der Waals surface area contributed by atoms with Crippen LogP contribution in [0.4, 0.5) is 0 Å². The summed E-state index contributed by atoms with van der Waals surface area (Å²) >= 11 is 0. The van der Waals surface area contributed by atoms with Crippen LogP contribution in [-0.2, 0) is 4.74 Å². The molecule has 3 heteroatoms. The molecule has 0 saturated carbocycles. The monoisotopic (exact) mass is 233 g/mol. The van der Waals surface area contributed by atoms with E-state index < -0.39 is 0 Å². The van der Waals surface area contributed by atoms with Gasteiger partial charge < -0.3 is 9.64 Å². The quantitative estimate of drug-likeness (QED) is 0.801. The minimum atomic E-state index is 0.133. The summed E-state index contributed by atoms with van der Waals surface area (Å²) in [5, 5.41) is 0. The lowest BCUT2D eigenvalue weighted by Gasteiger charge is -2.24. The molecule has 1 amide bonds. The van der Waals surface area contributed by atoms with Crippen LogP contribution in [0.25, 0.3) is 0 Å². The molecule has 1 saturated heterocycles. The third-order valence-electron chi connectivity index (χ3n) is 3.26. The van der Waals surface area contributed by atoms with Crippen LogP contribution in [0, 0.1) is 6.92 Å². The first-order valence-electron chi connectivity index (χ1n) is 6.09. The standard InChI is InChI=1S/C14H19NO2/c1-11-5-3-6-12(9-11)14(16)15-8-4-7-13(15)10-17-2/h3,5-6,9,13H,4,7-8,10H2,1-2H3. The summed E-state index contributed by atoms with van der Waals surface area (Å²) in [6.45, 7) is 3.49. The van der Waals surface area contributed by atoms with E-state index in [9.17, 15) is 4.79 Å². The SMILES string of the molecule is COCC1CCCN1C(=O)c1cccc(C)c1. The molecule has 0 aromatic heterocycles. The number of likely N-dealkylation sites (tertiary alicyclic amines) is 1. The van der Waals surface area contributed by atoms with E-state index in [0.29, 0.717) is 6.61 Å². The normalized spacial score (nSPS) is 19.6. The van der Waals surface area contributed by atoms with Crippen molar-refractivity contribution in [1.29, 1.82) is 0 Å². The molecule has 1 fully saturated rings. The number of amides is 1. The van der Waals surface area contributed by atoms with Gasteiger partial charge in [-0.3, -0.25) is 4.79 Å². The number of rotatable bonds is 3. The number of benzene rings is 1. The minimum absolute atomic E-state index is 0.133. The average Bonchev–Trinajstić information content (AvgIpc) is 2.77. The predicted molar refractivity (Wildman–Crippen MR) is 67.1 cm³/mol. The summed E-state index contributed by atoms with van der Waals surface area (Å²) in [4.78, 5) is 14.3. The zero-order valence-corrected chi connectivity index (χ0v) is 10.5. The summed E-state index contributed by atoms with van der Waals surface area (Å²) in [7, 11) is 1.69. The third-order valence-corrected chi connectivity index (χ3v) is 3.26. The molecule has 1 aliphatic rings. The van der Waals surface area contributed by atoms with Crippen LogP contribution in [0.5, 0.6) is 0 Å². The smallest absolute Gasteiger partial charge is 0.254 e. The Kier molecular flexibility index (Phi) is 3.79. The summed E-state index contributed by atoms with van der Waals surface area (Å²) in [5.74, 6) is 0.133. The molecular weight excluding hydrogens is 214 g/mol. The van der Waals surface area contributed by atoms with Gasteiger partial charge in [-0.1, -0.05) is 17.7 Å². The molecule has 1 aromatic carbocycles. The molecule has 0 bridgehead atoms. The van der Waals surface area contributed by atoms with E-state index in [1.165, 1.54) is 0 Å². The van der Waals surface area contributed by atoms with Gasteiger partial charge in [0.05, 0.1) is 12.6 Å². The fourth-order valence-electron chi connectivity index (χ4n) is 2.41. The van der Waals surface area contributed by atoms with E-state index >= 15 is 0 Å². The van der Waals surface area contributed by atoms with Crippen molar-refractivity contribution in [3.8, 4) is 0 Å². The number of ether oxygens (including phenoxy) is 1. The van der Waals surface area contributed by atoms with Crippen LogP contribution in [-0.4, -0.2) is 37.1 Å². The van der Waals surface area contributed by atoms with Crippen LogP contribution in [0.1, 0.15) is 28.8 Å². The topological polar surface area (TPSA) is 29.5 Å². The van der Waals surface area contributed by atoms with Crippen LogP contribution < -0.4 is 0 Å². The van der Waals surface area contributed by atoms with Crippen molar-refractivity contribution >= 4 is 5.91 Å². The second kappa shape index (κ2) is 5.32. The van der Waals surface area contributed by atoms with Crippen molar-refractivity contribution in [3.63, 3.8) is 0 Å². The Balaban J connectivity index is 2.14. The van der Waals surface area contributed by atoms with Crippen molar-refractivity contribution < 1.29 is 9.53 Å². The number of hydrogen-bond donors (Lipinski definition) is 0. The number of methoxy groups -OCH3 is 1. The molecule has 0 N–H and O–H groups in total. The third kappa shape index (κ3) is 2.67. The highest BCUT2D eigenvalue weighted by molar-refractivity contribution is 5.94. The van der Waals surface area contributed by atoms with Crippen LogP contribution >= 0.6 is 0 Å². The lowest BCUT2D eigenvalue weighted by Crippen LogP contribution is -2.38. The maximum Gasteiger partial charge on any atom is 0.254 e. The van der Waals surface area contributed by atoms with Gasteiger partial charge in [0.2, 0.25) is 0 Å². The molecule has 0 aliphatic carbocycles. The Morgan fingerprint density at radius 2 is 2.35 bits per heavy atom. The molecule has 3 nitrogen and oxygen atoms in total. The number of carbonyl (C=O) groups is 1. The van der Waals surface area contributed by atoms with E-state index in [2.05, 4.69) is 0 Å². The molecule has 17 heavy (non-hydrogen) atoms. The summed E-state index contributed by atoms with van der Waals surface area (Å²) in [6.07, 6.45) is 2.12. The van der Waals surface area contributed by atoms with E-state index in [1.807, 2.05) is 36.1 Å². The molecule has 1 aliphatic heterocycles. The summed E-state index contributed by atoms with van der Waals surface area (Å²) in [5.41, 5.74) is 1.91. The first-order chi connectivity index (χ1) is 8.22. The van der Waals surface area contributed by atoms with E-state index in [1.54, 1.807) is 7.11 Å². The number of aryl methyl sites for hydroxylation is 1. The lowest BCUT2D eigenvalue weighted by molar-refractivity contribution is 0.0630. The van der Waals surface area contributed by atoms with E-state index in [-0.39, 0.29) is 11.9 Å². The minimum Gasteiger partial charge on any atom is -0.383 e. The Bertz CT molecular complexity index is 403. The first kappa shape index (κ1) is 12.1. The van der Waals surface area contributed by atoms with E-state index in [0.717, 1.165) is 30.5 Å². The molecule has 1 heterocycles. The molecular formula is C14H19NO2. The molecule has 0 radical (unpaired) electrons. The van der Waals surface area contributed by atoms with Crippen LogP contribution in [0.3, 0.4) is 0 Å². The van der Waals surface area contributed by atoms with Gasteiger partial charge in [-0.05, 0) is 31.9 Å². The number of hydrogen-bond acceptors (Lipinski definition) is 2. The predicted octanol–water partition coefficient (Wildman–Crippen LogP) is 2.25. The fraction of sp³-hybridized carbons (Fsp3) is 0.500. The van der Waals surface area contributed by atoms with Crippen molar-refractivity contribution in [1.82, 2.24) is 4.90 Å². The fourth-order valence-corrected chi connectivity index (χ4v) is 2.41. The summed E-state index contributed by atoms with van der Waals surface area (Å²) in [6, 6.07) is 8.02. The highest BCUT2D eigenvalue weighted by atomic mass is 16.5. The van der Waals surface area contributed by atoms with Crippen LogP contribution in [0.2, 0.25) is 0 Å². The molecule has 1 unspecified atom stereocenters. The molecule has 0 spiro atoms. The second-order valence-electron chi connectivity index (χ2n) is 4.62. The zero-order chi connectivity index (χ0) is 12.3. The number of carbonyl (C=O) groups excluding carboxylic acids is 1. The van der Waals surface area contributed by atoms with Gasteiger partial charge in [0.25, 0.3) is 5.91 Å².